The van der Waals surface area contributed by atoms with Gasteiger partial charge in [-0.25, -0.2) is 4.98 Å². The van der Waals surface area contributed by atoms with Crippen molar-refractivity contribution < 1.29 is 48.8 Å². The van der Waals surface area contributed by atoms with Gasteiger partial charge >= 0.3 is 31.4 Å². The number of hydrogen-bond donors (Lipinski definition) is 2. The molecule has 4 aromatic carbocycles. The van der Waals surface area contributed by atoms with Crippen molar-refractivity contribution in [1.29, 1.82) is 0 Å². The van der Waals surface area contributed by atoms with Gasteiger partial charge in [0.2, 0.25) is 0 Å². The monoisotopic (exact) mass is 826 g/mol. The maximum absolute atomic E-state index is 11.6. The van der Waals surface area contributed by atoms with Crippen molar-refractivity contribution >= 4 is 90.9 Å². The molecule has 0 fully saturated rings. The van der Waals surface area contributed by atoms with Crippen molar-refractivity contribution in [1.82, 2.24) is 40.1 Å². The van der Waals surface area contributed by atoms with Gasteiger partial charge in [0.1, 0.15) is 11.1 Å². The van der Waals surface area contributed by atoms with Crippen molar-refractivity contribution in [2.45, 2.75) is 18.9 Å². The fraction of sp³-hybridized carbons (Fsp3) is 0.0833. The van der Waals surface area contributed by atoms with Gasteiger partial charge in [0, 0.05) is 54.8 Å². The van der Waals surface area contributed by atoms with E-state index in [2.05, 4.69) is 0 Å². The Labute approximate surface area is 330 Å². The van der Waals surface area contributed by atoms with Crippen LogP contribution in [0.5, 0.6) is 5.75 Å². The number of carboxylic acid groups (broad SMARTS) is 2. The van der Waals surface area contributed by atoms with Crippen LogP contribution in [0.1, 0.15) is 12.8 Å². The minimum Gasteiger partial charge on any atom is -0.486 e. The van der Waals surface area contributed by atoms with Crippen molar-refractivity contribution in [3.05, 3.63) is 87.9 Å². The first-order valence-corrected chi connectivity index (χ1v) is 17.0. The number of rotatable bonds is 6. The summed E-state index contributed by atoms with van der Waals surface area (Å²) in [6, 6.07) is 22.3. The van der Waals surface area contributed by atoms with Crippen molar-refractivity contribution in [2.75, 3.05) is 0 Å². The fourth-order valence-corrected chi connectivity index (χ4v) is 7.22. The predicted octanol–water partition coefficient (Wildman–Crippen LogP) is 6.39. The van der Waals surface area contributed by atoms with Crippen LogP contribution in [0, 0.1) is 0 Å². The van der Waals surface area contributed by atoms with Crippen molar-refractivity contribution in [3.63, 3.8) is 0 Å². The number of carbonyl (C=O) groups is 2. The van der Waals surface area contributed by atoms with Crippen LogP contribution in [0.2, 0.25) is 15.1 Å². The van der Waals surface area contributed by atoms with Gasteiger partial charge in [-0.2, -0.15) is 0 Å². The molecule has 0 aliphatic carbocycles. The minimum atomic E-state index is -1.35. The molecule has 0 unspecified atom stereocenters. The van der Waals surface area contributed by atoms with Gasteiger partial charge < -0.3 is 39.9 Å². The second-order valence-corrected chi connectivity index (χ2v) is 13.1. The summed E-state index contributed by atoms with van der Waals surface area (Å²) < 4.78 is 5.88. The molecule has 260 valence electrons. The van der Waals surface area contributed by atoms with Gasteiger partial charge in [-0.1, -0.05) is 101 Å². The molecule has 0 amide bonds. The molecule has 9 rings (SSSR count). The van der Waals surface area contributed by atoms with Crippen LogP contribution >= 0.6 is 34.8 Å². The summed E-state index contributed by atoms with van der Waals surface area (Å²) in [4.78, 5) is 53.6. The Morgan fingerprint density at radius 3 is 1.78 bits per heavy atom. The quantitative estimate of drug-likeness (QED) is 0.107. The van der Waals surface area contributed by atoms with Gasteiger partial charge in [0.25, 0.3) is 5.69 Å². The number of carboxylic acids is 2. The van der Waals surface area contributed by atoms with E-state index < -0.39 is 30.9 Å². The molecule has 0 radical (unpaired) electrons. The number of para-hydroxylation sites is 1. The molecule has 18 heteroatoms. The summed E-state index contributed by atoms with van der Waals surface area (Å²) in [5, 5.41) is 29.8. The van der Waals surface area contributed by atoms with Gasteiger partial charge in [-0.3, -0.25) is 9.59 Å². The smallest absolute Gasteiger partial charge is 0.486 e. The van der Waals surface area contributed by atoms with E-state index in [9.17, 15) is 19.8 Å². The van der Waals surface area contributed by atoms with Crippen molar-refractivity contribution in [2.24, 2.45) is 0 Å². The van der Waals surface area contributed by atoms with Crippen LogP contribution in [0.3, 0.4) is 0 Å². The molecule has 14 nitrogen and oxygen atoms in total. The predicted molar refractivity (Wildman–Crippen MR) is 194 cm³/mol. The van der Waals surface area contributed by atoms with E-state index in [0.29, 0.717) is 45.3 Å². The third-order valence-corrected chi connectivity index (χ3v) is 9.84. The second-order valence-electron chi connectivity index (χ2n) is 12.0. The Bertz CT molecular complexity index is 2900. The zero-order valence-electron chi connectivity index (χ0n) is 27.4. The molecule has 2 N–H and O–H groups in total. The summed E-state index contributed by atoms with van der Waals surface area (Å²) in [5.74, 6) is -1.90. The Balaban J connectivity index is 0.00000413. The van der Waals surface area contributed by atoms with E-state index in [1.807, 2.05) is 66.7 Å². The third kappa shape index (κ3) is 5.89. The molecular formula is C36H19Cl3N9O5Zn+. The zero-order chi connectivity index (χ0) is 36.5. The average Bonchev–Trinajstić information content (AvgIpc) is 3.87. The number of hydrogen-bond acceptors (Lipinski definition) is 9. The summed E-state index contributed by atoms with van der Waals surface area (Å²) in [6.07, 6.45) is -2.66. The number of nitrogens with zero attached hydrogens (tertiary/aromatic N) is 9. The number of aliphatic carboxylic acids is 2. The minimum absolute atomic E-state index is 0. The number of aromatic nitrogens is 9. The first kappa shape index (κ1) is 35.4. The third-order valence-electron chi connectivity index (χ3n) is 8.64. The Kier molecular flexibility index (Phi) is 8.97. The molecule has 2 aliphatic heterocycles. The van der Waals surface area contributed by atoms with Gasteiger partial charge in [-0.15, -0.1) is 0 Å². The van der Waals surface area contributed by atoms with Gasteiger partial charge in [0.05, 0.1) is 45.7 Å². The van der Waals surface area contributed by atoms with E-state index in [-0.39, 0.29) is 68.2 Å². The van der Waals surface area contributed by atoms with Crippen LogP contribution in [0.15, 0.2) is 72.8 Å². The summed E-state index contributed by atoms with van der Waals surface area (Å²) >= 11 is 20.7. The molecular weight excluding hydrogens is 810 g/mol. The Morgan fingerprint density at radius 2 is 1.15 bits per heavy atom. The molecule has 2 aliphatic rings. The largest absolute Gasteiger partial charge is 2.00 e. The van der Waals surface area contributed by atoms with Crippen LogP contribution in [0.25, 0.3) is 84.0 Å². The molecule has 0 atom stereocenters. The standard InChI is InChI=1S/C36H20Cl3N9O5.Zn/c37-26-24-25(27(38)29(28(26)39)53-15(13-22(49)50)14-23(51)52)36-45-35(24)44-33-19-10-4-2-8-17(19)31(42-33)40-30-16-7-1-3-9-18(16)32(41-30)43-34-20-11-5-6-12-21(20)48(46-34)47-36;/h1-12,15H,13-14H2,(H3,40,41,42,43,44,45,46,47,49,50,51,52);/q;+2/p-1. The maximum atomic E-state index is 11.6. The Hall–Kier alpha value is -5.60. The van der Waals surface area contributed by atoms with E-state index in [4.69, 9.17) is 79.6 Å². The topological polar surface area (TPSA) is 193 Å². The summed E-state index contributed by atoms with van der Waals surface area (Å²) in [5.41, 5.74) is 3.42. The van der Waals surface area contributed by atoms with E-state index in [1.165, 1.54) is 4.80 Å². The van der Waals surface area contributed by atoms with Crippen LogP contribution in [0.4, 0.5) is 0 Å². The molecule has 0 spiro atoms. The number of halogens is 3. The van der Waals surface area contributed by atoms with Crippen LogP contribution < -0.4 is 19.5 Å². The number of benzene rings is 4. The average molecular weight is 829 g/mol. The second kappa shape index (κ2) is 13.7. The first-order valence-electron chi connectivity index (χ1n) is 15.9. The van der Waals surface area contributed by atoms with Gasteiger partial charge in [0.15, 0.2) is 11.6 Å². The maximum Gasteiger partial charge on any atom is 2.00 e. The van der Waals surface area contributed by atoms with Crippen LogP contribution in [-0.2, 0) is 29.1 Å². The van der Waals surface area contributed by atoms with E-state index >= 15 is 0 Å². The zero-order valence-corrected chi connectivity index (χ0v) is 32.6. The molecule has 54 heavy (non-hydrogen) atoms. The fourth-order valence-electron chi connectivity index (χ4n) is 6.35. The van der Waals surface area contributed by atoms with E-state index in [0.717, 1.165) is 10.8 Å². The Morgan fingerprint density at radius 1 is 0.630 bits per heavy atom. The van der Waals surface area contributed by atoms with Crippen molar-refractivity contribution in [3.8, 4) is 45.6 Å². The molecule has 5 heterocycles. The molecule has 0 saturated heterocycles. The first-order chi connectivity index (χ1) is 25.6. The van der Waals surface area contributed by atoms with Gasteiger partial charge in [-0.05, 0) is 16.8 Å². The SMILES string of the molecule is O=C(O)CC(CC(=O)O)Oc1c(Cl)c(Cl)c2c3nc4nc(nc5[n-]c(nc6n[n+](nc([n-]3)c2c1Cl)-c1ccccc1-6)c1ccccc51)-c1ccccc1-4.[Zn+2]. The molecule has 0 saturated carbocycles. The number of ether oxygens (including phenoxy) is 1. The summed E-state index contributed by atoms with van der Waals surface area (Å²) in [7, 11) is 0. The molecule has 8 bridgehead atoms. The molecule has 7 aromatic rings. The van der Waals surface area contributed by atoms with Crippen LogP contribution in [-0.4, -0.2) is 58.4 Å². The number of fused-ring (bicyclic) bond motifs is 20. The molecule has 3 aromatic heterocycles. The normalized spacial score (nSPS) is 11.7. The van der Waals surface area contributed by atoms with E-state index in [1.54, 1.807) is 6.07 Å². The summed E-state index contributed by atoms with van der Waals surface area (Å²) in [6.45, 7) is 0.